The van der Waals surface area contributed by atoms with Crippen molar-refractivity contribution in [2.45, 2.75) is 52.1 Å². The van der Waals surface area contributed by atoms with Crippen molar-refractivity contribution in [2.24, 2.45) is 5.92 Å². The summed E-state index contributed by atoms with van der Waals surface area (Å²) in [6.07, 6.45) is 4.43. The second-order valence-electron chi connectivity index (χ2n) is 7.79. The van der Waals surface area contributed by atoms with Crippen LogP contribution < -0.4 is 5.32 Å². The number of nitrogens with one attached hydrogen (secondary N) is 1. The molecular formula is C20H30N4O2S. The minimum Gasteiger partial charge on any atom is -0.396 e. The van der Waals surface area contributed by atoms with Gasteiger partial charge < -0.3 is 15.2 Å². The summed E-state index contributed by atoms with van der Waals surface area (Å²) in [4.78, 5) is 14.6. The average molecular weight is 391 g/mol. The van der Waals surface area contributed by atoms with E-state index in [-0.39, 0.29) is 6.61 Å². The molecule has 0 aromatic carbocycles. The van der Waals surface area contributed by atoms with Crippen molar-refractivity contribution in [2.75, 3.05) is 38.2 Å². The average Bonchev–Trinajstić information content (AvgIpc) is 3.20. The van der Waals surface area contributed by atoms with Crippen molar-refractivity contribution >= 4 is 27.4 Å². The minimum atomic E-state index is 0.265. The lowest BCUT2D eigenvalue weighted by Gasteiger charge is -2.26. The number of aryl methyl sites for hydroxylation is 2. The van der Waals surface area contributed by atoms with E-state index in [0.717, 1.165) is 62.2 Å². The zero-order valence-corrected chi connectivity index (χ0v) is 17.1. The van der Waals surface area contributed by atoms with Gasteiger partial charge in [0.25, 0.3) is 0 Å². The third-order valence-corrected chi connectivity index (χ3v) is 7.13. The largest absolute Gasteiger partial charge is 0.396 e. The summed E-state index contributed by atoms with van der Waals surface area (Å²) in [5, 5.41) is 14.3. The molecule has 3 heterocycles. The van der Waals surface area contributed by atoms with Crippen molar-refractivity contribution in [3.63, 3.8) is 0 Å². The summed E-state index contributed by atoms with van der Waals surface area (Å²) in [5.74, 6) is 2.41. The number of aliphatic hydroxyl groups excluding tert-OH is 1. The predicted octanol–water partition coefficient (Wildman–Crippen LogP) is 3.10. The van der Waals surface area contributed by atoms with Gasteiger partial charge in [-0.1, -0.05) is 6.42 Å². The zero-order valence-electron chi connectivity index (χ0n) is 16.3. The Hall–Kier alpha value is -1.28. The third kappa shape index (κ3) is 4.11. The number of hydrogen-bond donors (Lipinski definition) is 2. The Morgan fingerprint density at radius 3 is 2.81 bits per heavy atom. The number of ether oxygens (including phenoxy) is 1. The Labute approximate surface area is 165 Å². The molecule has 2 aromatic heterocycles. The van der Waals surface area contributed by atoms with E-state index < -0.39 is 0 Å². The van der Waals surface area contributed by atoms with Crippen LogP contribution in [0.3, 0.4) is 0 Å². The monoisotopic (exact) mass is 390 g/mol. The van der Waals surface area contributed by atoms with Gasteiger partial charge in [0, 0.05) is 30.6 Å². The molecule has 4 rings (SSSR count). The van der Waals surface area contributed by atoms with Crippen LogP contribution in [0.15, 0.2) is 0 Å². The van der Waals surface area contributed by atoms with Crippen molar-refractivity contribution in [1.82, 2.24) is 14.9 Å². The second-order valence-corrected chi connectivity index (χ2v) is 9.00. The summed E-state index contributed by atoms with van der Waals surface area (Å²) in [6, 6.07) is 0.395. The third-order valence-electron chi connectivity index (χ3n) is 6.02. The molecule has 27 heavy (non-hydrogen) atoms. The van der Waals surface area contributed by atoms with E-state index in [1.807, 2.05) is 0 Å². The Balaban J connectivity index is 1.64. The molecule has 2 atom stereocenters. The molecule has 0 bridgehead atoms. The van der Waals surface area contributed by atoms with E-state index in [2.05, 4.69) is 24.1 Å². The summed E-state index contributed by atoms with van der Waals surface area (Å²) in [5.41, 5.74) is 1.28. The molecule has 0 spiro atoms. The van der Waals surface area contributed by atoms with Gasteiger partial charge in [0.1, 0.15) is 16.5 Å². The first-order chi connectivity index (χ1) is 13.2. The zero-order chi connectivity index (χ0) is 18.8. The molecule has 6 nitrogen and oxygen atoms in total. The first kappa shape index (κ1) is 19.1. The molecule has 1 saturated heterocycles. The van der Waals surface area contributed by atoms with E-state index in [1.165, 1.54) is 28.7 Å². The maximum atomic E-state index is 9.39. The first-order valence-electron chi connectivity index (χ1n) is 10.1. The van der Waals surface area contributed by atoms with Gasteiger partial charge >= 0.3 is 0 Å². The number of rotatable bonds is 6. The number of hydrogen-bond acceptors (Lipinski definition) is 7. The van der Waals surface area contributed by atoms with Crippen LogP contribution in [-0.2, 0) is 11.3 Å². The molecule has 2 fully saturated rings. The summed E-state index contributed by atoms with van der Waals surface area (Å²) in [7, 11) is 0. The van der Waals surface area contributed by atoms with Crippen molar-refractivity contribution in [1.29, 1.82) is 0 Å². The first-order valence-corrected chi connectivity index (χ1v) is 10.9. The van der Waals surface area contributed by atoms with Crippen molar-refractivity contribution < 1.29 is 9.84 Å². The van der Waals surface area contributed by atoms with Crippen LogP contribution in [0.4, 0.5) is 5.82 Å². The van der Waals surface area contributed by atoms with Gasteiger partial charge in [-0.3, -0.25) is 4.90 Å². The Morgan fingerprint density at radius 2 is 2.04 bits per heavy atom. The molecule has 1 aliphatic heterocycles. The normalized spacial score (nSPS) is 24.0. The number of thiophene rings is 1. The molecule has 1 aliphatic carbocycles. The van der Waals surface area contributed by atoms with E-state index in [4.69, 9.17) is 14.7 Å². The number of morpholine rings is 1. The molecule has 2 unspecified atom stereocenters. The van der Waals surface area contributed by atoms with Crippen LogP contribution in [0.25, 0.3) is 10.2 Å². The molecule has 2 aromatic rings. The SMILES string of the molecule is Cc1sc2nc(CN3CCOCC3)nc(NC3CCCC3CCO)c2c1C. The molecule has 2 aliphatic rings. The number of aliphatic hydroxyl groups is 1. The fourth-order valence-electron chi connectivity index (χ4n) is 4.34. The van der Waals surface area contributed by atoms with Gasteiger partial charge in [-0.15, -0.1) is 11.3 Å². The second kappa shape index (κ2) is 8.39. The summed E-state index contributed by atoms with van der Waals surface area (Å²) in [6.45, 7) is 8.82. The minimum absolute atomic E-state index is 0.265. The van der Waals surface area contributed by atoms with Crippen LogP contribution >= 0.6 is 11.3 Å². The van der Waals surface area contributed by atoms with Crippen LogP contribution in [0, 0.1) is 19.8 Å². The Kier molecular flexibility index (Phi) is 5.92. The Morgan fingerprint density at radius 1 is 1.22 bits per heavy atom. The van der Waals surface area contributed by atoms with Gasteiger partial charge in [0.15, 0.2) is 0 Å². The fourth-order valence-corrected chi connectivity index (χ4v) is 5.39. The van der Waals surface area contributed by atoms with E-state index >= 15 is 0 Å². The standard InChI is InChI=1S/C20H30N4O2S/c1-13-14(2)27-20-18(13)19(21-16-5-3-4-15(16)6-9-25)22-17(23-20)12-24-7-10-26-11-8-24/h15-16,25H,3-12H2,1-2H3,(H,21,22,23). The molecule has 2 N–H and O–H groups in total. The maximum Gasteiger partial charge on any atom is 0.146 e. The van der Waals surface area contributed by atoms with Crippen LogP contribution in [0.2, 0.25) is 0 Å². The van der Waals surface area contributed by atoms with E-state index in [0.29, 0.717) is 12.0 Å². The highest BCUT2D eigenvalue weighted by Gasteiger charge is 2.28. The van der Waals surface area contributed by atoms with Gasteiger partial charge in [-0.05, 0) is 44.6 Å². The highest BCUT2D eigenvalue weighted by molar-refractivity contribution is 7.18. The van der Waals surface area contributed by atoms with Gasteiger partial charge in [0.05, 0.1) is 25.1 Å². The molecular weight excluding hydrogens is 360 g/mol. The lowest BCUT2D eigenvalue weighted by Crippen LogP contribution is -2.36. The van der Waals surface area contributed by atoms with Crippen molar-refractivity contribution in [3.05, 3.63) is 16.3 Å². The lowest BCUT2D eigenvalue weighted by atomic mass is 10.00. The Bertz CT molecular complexity index is 788. The van der Waals surface area contributed by atoms with Crippen LogP contribution in [0.1, 0.15) is 41.9 Å². The molecule has 148 valence electrons. The number of fused-ring (bicyclic) bond motifs is 1. The molecule has 1 saturated carbocycles. The number of anilines is 1. The quantitative estimate of drug-likeness (QED) is 0.790. The number of aromatic nitrogens is 2. The molecule has 0 radical (unpaired) electrons. The fraction of sp³-hybridized carbons (Fsp3) is 0.700. The smallest absolute Gasteiger partial charge is 0.146 e. The summed E-state index contributed by atoms with van der Waals surface area (Å²) >= 11 is 1.76. The maximum absolute atomic E-state index is 9.39. The van der Waals surface area contributed by atoms with Gasteiger partial charge in [-0.2, -0.15) is 0 Å². The van der Waals surface area contributed by atoms with Gasteiger partial charge in [-0.25, -0.2) is 9.97 Å². The van der Waals surface area contributed by atoms with Crippen LogP contribution in [-0.4, -0.2) is 58.9 Å². The number of nitrogens with zero attached hydrogens (tertiary/aromatic N) is 3. The summed E-state index contributed by atoms with van der Waals surface area (Å²) < 4.78 is 5.46. The van der Waals surface area contributed by atoms with Crippen molar-refractivity contribution in [3.8, 4) is 0 Å². The topological polar surface area (TPSA) is 70.5 Å². The lowest BCUT2D eigenvalue weighted by molar-refractivity contribution is 0.0331. The molecule has 7 heteroatoms. The highest BCUT2D eigenvalue weighted by atomic mass is 32.1. The van der Waals surface area contributed by atoms with Gasteiger partial charge in [0.2, 0.25) is 0 Å². The highest BCUT2D eigenvalue weighted by Crippen LogP contribution is 2.36. The van der Waals surface area contributed by atoms with E-state index in [9.17, 15) is 5.11 Å². The van der Waals surface area contributed by atoms with Crippen LogP contribution in [0.5, 0.6) is 0 Å². The molecule has 0 amide bonds. The van der Waals surface area contributed by atoms with E-state index in [1.54, 1.807) is 11.3 Å². The predicted molar refractivity (Wildman–Crippen MR) is 109 cm³/mol.